The van der Waals surface area contributed by atoms with Crippen LogP contribution in [0.1, 0.15) is 51.4 Å². The summed E-state index contributed by atoms with van der Waals surface area (Å²) < 4.78 is 0. The normalized spacial score (nSPS) is 24.9. The van der Waals surface area contributed by atoms with Crippen LogP contribution in [0, 0.1) is 0 Å². The van der Waals surface area contributed by atoms with E-state index < -0.39 is 0 Å². The standard InChI is InChI=1S/C21H31N3OS/c25-21(24-15-7-8-17(16-24)23-13-5-6-14-23)22-19-11-3-4-12-20(19)26-18-9-1-2-10-18/h3-4,11-12,17-18H,1-2,5-10,13-16H2,(H,22,25). The fourth-order valence-electron chi connectivity index (χ4n) is 4.60. The Bertz CT molecular complexity index is 611. The predicted octanol–water partition coefficient (Wildman–Crippen LogP) is 4.81. The summed E-state index contributed by atoms with van der Waals surface area (Å²) in [5.41, 5.74) is 0.984. The fraction of sp³-hybridized carbons (Fsp3) is 0.667. The molecule has 2 heterocycles. The Hall–Kier alpha value is -1.20. The van der Waals surface area contributed by atoms with E-state index in [9.17, 15) is 4.79 Å². The van der Waals surface area contributed by atoms with E-state index >= 15 is 0 Å². The summed E-state index contributed by atoms with van der Waals surface area (Å²) in [6.45, 7) is 4.18. The lowest BCUT2D eigenvalue weighted by Crippen LogP contribution is -2.50. The molecular weight excluding hydrogens is 342 g/mol. The maximum Gasteiger partial charge on any atom is 0.321 e. The Balaban J connectivity index is 1.38. The molecule has 26 heavy (non-hydrogen) atoms. The first-order valence-electron chi connectivity index (χ1n) is 10.4. The summed E-state index contributed by atoms with van der Waals surface area (Å²) in [7, 11) is 0. The lowest BCUT2D eigenvalue weighted by molar-refractivity contribution is 0.131. The van der Waals surface area contributed by atoms with Crippen LogP contribution in [-0.2, 0) is 0 Å². The second-order valence-corrected chi connectivity index (χ2v) is 9.28. The van der Waals surface area contributed by atoms with Gasteiger partial charge >= 0.3 is 6.03 Å². The summed E-state index contributed by atoms with van der Waals surface area (Å²) in [6.07, 6.45) is 10.3. The van der Waals surface area contributed by atoms with Crippen LogP contribution in [-0.4, -0.2) is 53.3 Å². The summed E-state index contributed by atoms with van der Waals surface area (Å²) in [5, 5.41) is 3.92. The summed E-state index contributed by atoms with van der Waals surface area (Å²) in [4.78, 5) is 18.7. The maximum atomic E-state index is 12.9. The molecule has 1 atom stereocenters. The van der Waals surface area contributed by atoms with E-state index in [2.05, 4.69) is 28.4 Å². The van der Waals surface area contributed by atoms with E-state index in [-0.39, 0.29) is 6.03 Å². The number of urea groups is 1. The van der Waals surface area contributed by atoms with Crippen molar-refractivity contribution < 1.29 is 4.79 Å². The number of rotatable bonds is 4. The Kier molecular flexibility index (Phi) is 6.05. The first-order chi connectivity index (χ1) is 12.8. The molecule has 0 bridgehead atoms. The van der Waals surface area contributed by atoms with Gasteiger partial charge in [0.25, 0.3) is 0 Å². The van der Waals surface area contributed by atoms with Crippen LogP contribution in [0.3, 0.4) is 0 Å². The Morgan fingerprint density at radius 3 is 2.54 bits per heavy atom. The van der Waals surface area contributed by atoms with Crippen LogP contribution in [0.5, 0.6) is 0 Å². The summed E-state index contributed by atoms with van der Waals surface area (Å²) in [6, 6.07) is 8.95. The lowest BCUT2D eigenvalue weighted by Gasteiger charge is -2.37. The number of hydrogen-bond donors (Lipinski definition) is 1. The zero-order valence-electron chi connectivity index (χ0n) is 15.7. The highest BCUT2D eigenvalue weighted by Gasteiger charge is 2.29. The van der Waals surface area contributed by atoms with Crippen molar-refractivity contribution in [2.24, 2.45) is 0 Å². The van der Waals surface area contributed by atoms with Crippen molar-refractivity contribution in [3.8, 4) is 0 Å². The van der Waals surface area contributed by atoms with Gasteiger partial charge in [-0.05, 0) is 63.7 Å². The van der Waals surface area contributed by atoms with Gasteiger partial charge in [-0.15, -0.1) is 11.8 Å². The highest BCUT2D eigenvalue weighted by atomic mass is 32.2. The second kappa shape index (κ2) is 8.66. The van der Waals surface area contributed by atoms with E-state index in [1.165, 1.54) is 62.9 Å². The van der Waals surface area contributed by atoms with Gasteiger partial charge in [0, 0.05) is 29.3 Å². The molecule has 3 aliphatic rings. The van der Waals surface area contributed by atoms with Gasteiger partial charge in [-0.25, -0.2) is 4.79 Å². The molecule has 4 nitrogen and oxygen atoms in total. The summed E-state index contributed by atoms with van der Waals surface area (Å²) in [5.74, 6) is 0. The van der Waals surface area contributed by atoms with E-state index in [0.29, 0.717) is 11.3 Å². The maximum absolute atomic E-state index is 12.9. The monoisotopic (exact) mass is 373 g/mol. The number of benzene rings is 1. The van der Waals surface area contributed by atoms with Crippen LogP contribution in [0.25, 0.3) is 0 Å². The van der Waals surface area contributed by atoms with Gasteiger partial charge in [0.2, 0.25) is 0 Å². The summed E-state index contributed by atoms with van der Waals surface area (Å²) >= 11 is 1.95. The zero-order chi connectivity index (χ0) is 17.8. The molecule has 1 aromatic carbocycles. The quantitative estimate of drug-likeness (QED) is 0.822. The number of thioether (sulfide) groups is 1. The molecule has 5 heteroatoms. The third-order valence-electron chi connectivity index (χ3n) is 6.07. The largest absolute Gasteiger partial charge is 0.323 e. The molecule has 3 fully saturated rings. The first kappa shape index (κ1) is 18.2. The number of carbonyl (C=O) groups is 1. The molecule has 0 spiro atoms. The SMILES string of the molecule is O=C(Nc1ccccc1SC1CCCC1)N1CCCC(N2CCCC2)C1. The van der Waals surface area contributed by atoms with Crippen molar-refractivity contribution in [3.63, 3.8) is 0 Å². The number of piperidine rings is 1. The molecule has 1 N–H and O–H groups in total. The van der Waals surface area contributed by atoms with Gasteiger partial charge in [-0.3, -0.25) is 4.90 Å². The van der Waals surface area contributed by atoms with E-state index in [1.807, 2.05) is 22.7 Å². The number of nitrogens with one attached hydrogen (secondary N) is 1. The molecule has 2 amide bonds. The van der Waals surface area contributed by atoms with Crippen molar-refractivity contribution in [1.82, 2.24) is 9.80 Å². The molecule has 1 saturated carbocycles. The molecule has 0 radical (unpaired) electrons. The van der Waals surface area contributed by atoms with Crippen molar-refractivity contribution >= 4 is 23.5 Å². The Labute approximate surface area is 161 Å². The number of hydrogen-bond acceptors (Lipinski definition) is 3. The fourth-order valence-corrected chi connectivity index (χ4v) is 5.93. The van der Waals surface area contributed by atoms with Crippen LogP contribution in [0.15, 0.2) is 29.2 Å². The molecule has 1 aromatic rings. The molecule has 4 rings (SSSR count). The van der Waals surface area contributed by atoms with E-state index in [0.717, 1.165) is 25.2 Å². The molecule has 0 aromatic heterocycles. The van der Waals surface area contributed by atoms with Gasteiger partial charge in [0.05, 0.1) is 5.69 Å². The molecular formula is C21H31N3OS. The molecule has 2 aliphatic heterocycles. The average molecular weight is 374 g/mol. The Morgan fingerprint density at radius 2 is 1.73 bits per heavy atom. The van der Waals surface area contributed by atoms with Crippen LogP contribution < -0.4 is 5.32 Å². The molecule has 1 aliphatic carbocycles. The van der Waals surface area contributed by atoms with Crippen LogP contribution in [0.2, 0.25) is 0 Å². The van der Waals surface area contributed by atoms with Crippen LogP contribution >= 0.6 is 11.8 Å². The lowest BCUT2D eigenvalue weighted by atomic mass is 10.0. The zero-order valence-corrected chi connectivity index (χ0v) is 16.5. The highest BCUT2D eigenvalue weighted by Crippen LogP contribution is 2.38. The van der Waals surface area contributed by atoms with Gasteiger partial charge in [-0.1, -0.05) is 25.0 Å². The van der Waals surface area contributed by atoms with E-state index in [4.69, 9.17) is 0 Å². The first-order valence-corrected chi connectivity index (χ1v) is 11.2. The van der Waals surface area contributed by atoms with Gasteiger partial charge < -0.3 is 10.2 Å². The van der Waals surface area contributed by atoms with Crippen LogP contribution in [0.4, 0.5) is 10.5 Å². The predicted molar refractivity (Wildman–Crippen MR) is 109 cm³/mol. The topological polar surface area (TPSA) is 35.6 Å². The molecule has 2 saturated heterocycles. The van der Waals surface area contributed by atoms with Crippen molar-refractivity contribution in [3.05, 3.63) is 24.3 Å². The number of amides is 2. The minimum Gasteiger partial charge on any atom is -0.323 e. The second-order valence-electron chi connectivity index (χ2n) is 7.94. The van der Waals surface area contributed by atoms with Crippen molar-refractivity contribution in [2.45, 2.75) is 67.6 Å². The number of anilines is 1. The van der Waals surface area contributed by atoms with Crippen molar-refractivity contribution in [1.29, 1.82) is 0 Å². The average Bonchev–Trinajstić information content (AvgIpc) is 3.37. The number of nitrogens with zero attached hydrogens (tertiary/aromatic N) is 2. The third kappa shape index (κ3) is 4.37. The third-order valence-corrected chi connectivity index (χ3v) is 7.48. The number of carbonyl (C=O) groups excluding carboxylic acids is 1. The highest BCUT2D eigenvalue weighted by molar-refractivity contribution is 8.00. The minimum atomic E-state index is 0.0772. The van der Waals surface area contributed by atoms with E-state index in [1.54, 1.807) is 0 Å². The minimum absolute atomic E-state index is 0.0772. The van der Waals surface area contributed by atoms with Gasteiger partial charge in [-0.2, -0.15) is 0 Å². The number of para-hydroxylation sites is 1. The van der Waals surface area contributed by atoms with Crippen molar-refractivity contribution in [2.75, 3.05) is 31.5 Å². The Morgan fingerprint density at radius 1 is 0.962 bits per heavy atom. The number of likely N-dealkylation sites (tertiary alicyclic amines) is 2. The van der Waals surface area contributed by atoms with Gasteiger partial charge in [0.15, 0.2) is 0 Å². The molecule has 142 valence electrons. The van der Waals surface area contributed by atoms with Gasteiger partial charge in [0.1, 0.15) is 0 Å². The smallest absolute Gasteiger partial charge is 0.321 e. The molecule has 1 unspecified atom stereocenters.